The van der Waals surface area contributed by atoms with Crippen molar-refractivity contribution in [3.05, 3.63) is 78.1 Å². The number of benzene rings is 2. The van der Waals surface area contributed by atoms with Gasteiger partial charge in [-0.05, 0) is 62.5 Å². The molecule has 2 aromatic carbocycles. The zero-order valence-electron chi connectivity index (χ0n) is 24.8. The molecule has 0 radical (unpaired) electrons. The summed E-state index contributed by atoms with van der Waals surface area (Å²) >= 11 is 0. The molecular weight excluding hydrogens is 544 g/mol. The summed E-state index contributed by atoms with van der Waals surface area (Å²) in [5.74, 6) is -0.279. The highest BCUT2D eigenvalue weighted by Gasteiger charge is 2.25. The van der Waals surface area contributed by atoms with E-state index in [0.717, 1.165) is 87.5 Å². The number of piperidine rings is 2. The number of ether oxygens (including phenoxy) is 1. The van der Waals surface area contributed by atoms with E-state index in [1.807, 2.05) is 73.8 Å². The van der Waals surface area contributed by atoms with Crippen LogP contribution in [0.15, 0.2) is 66.7 Å². The lowest BCUT2D eigenvalue weighted by Gasteiger charge is -2.32. The molecule has 0 spiro atoms. The van der Waals surface area contributed by atoms with Gasteiger partial charge in [0.2, 0.25) is 5.91 Å². The number of likely N-dealkylation sites (tertiary alicyclic amines) is 2. The summed E-state index contributed by atoms with van der Waals surface area (Å²) in [6.45, 7) is 5.34. The number of para-hydroxylation sites is 1. The van der Waals surface area contributed by atoms with E-state index in [-0.39, 0.29) is 23.8 Å². The van der Waals surface area contributed by atoms with Gasteiger partial charge in [0.15, 0.2) is 0 Å². The van der Waals surface area contributed by atoms with Gasteiger partial charge in [-0.2, -0.15) is 0 Å². The maximum Gasteiger partial charge on any atom is 0.411 e. The first-order valence-electron chi connectivity index (χ1n) is 15.1. The number of hydrogen-bond acceptors (Lipinski definition) is 6. The maximum atomic E-state index is 13.0. The summed E-state index contributed by atoms with van der Waals surface area (Å²) < 4.78 is 5.76. The zero-order valence-corrected chi connectivity index (χ0v) is 24.8. The Morgan fingerprint density at radius 3 is 2.30 bits per heavy atom. The van der Waals surface area contributed by atoms with Crippen molar-refractivity contribution in [1.29, 1.82) is 0 Å². The monoisotopic (exact) mass is 586 g/mol. The largest absolute Gasteiger partial charge is 0.446 e. The van der Waals surface area contributed by atoms with Crippen molar-refractivity contribution in [2.45, 2.75) is 38.3 Å². The van der Waals surface area contributed by atoms with E-state index in [1.165, 1.54) is 0 Å². The van der Waals surface area contributed by atoms with Gasteiger partial charge in [0.1, 0.15) is 11.8 Å². The van der Waals surface area contributed by atoms with Crippen molar-refractivity contribution in [2.75, 3.05) is 51.6 Å². The second-order valence-electron chi connectivity index (χ2n) is 11.6. The quantitative estimate of drug-likeness (QED) is 0.328. The van der Waals surface area contributed by atoms with Gasteiger partial charge in [0, 0.05) is 56.9 Å². The lowest BCUT2D eigenvalue weighted by Crippen LogP contribution is -2.42. The molecule has 2 fully saturated rings. The van der Waals surface area contributed by atoms with Gasteiger partial charge < -0.3 is 25.3 Å². The molecule has 10 nitrogen and oxygen atoms in total. The number of carbonyl (C=O) groups excluding carboxylic acids is 3. The van der Waals surface area contributed by atoms with Gasteiger partial charge in [-0.15, -0.1) is 0 Å². The van der Waals surface area contributed by atoms with Crippen LogP contribution in [0.3, 0.4) is 0 Å². The van der Waals surface area contributed by atoms with E-state index < -0.39 is 6.09 Å². The van der Waals surface area contributed by atoms with E-state index in [1.54, 1.807) is 4.90 Å². The van der Waals surface area contributed by atoms with Crippen molar-refractivity contribution in [3.8, 4) is 11.1 Å². The van der Waals surface area contributed by atoms with Crippen LogP contribution in [0.2, 0.25) is 0 Å². The fourth-order valence-electron chi connectivity index (χ4n) is 5.88. The number of amides is 3. The van der Waals surface area contributed by atoms with Crippen LogP contribution in [0.25, 0.3) is 11.1 Å². The van der Waals surface area contributed by atoms with Crippen molar-refractivity contribution in [1.82, 2.24) is 19.7 Å². The minimum Gasteiger partial charge on any atom is -0.446 e. The summed E-state index contributed by atoms with van der Waals surface area (Å²) in [6.07, 6.45) is 2.49. The lowest BCUT2D eigenvalue weighted by atomic mass is 9.96. The first-order chi connectivity index (χ1) is 20.9. The molecule has 1 aromatic heterocycles. The van der Waals surface area contributed by atoms with Crippen LogP contribution in [-0.4, -0.2) is 90.0 Å². The molecule has 3 heterocycles. The SMILES string of the molecule is CN(CCN1CCC(OC(=O)Nc2ccccc2-c2ccccc2)CC1)C(=O)c1ccc(CN2CCC(C(N)=O)CC2)[nH]1. The third kappa shape index (κ3) is 8.24. The Morgan fingerprint density at radius 2 is 1.58 bits per heavy atom. The molecule has 10 heteroatoms. The van der Waals surface area contributed by atoms with Crippen LogP contribution in [0, 0.1) is 5.92 Å². The van der Waals surface area contributed by atoms with Gasteiger partial charge in [0.05, 0.1) is 5.69 Å². The number of nitrogens with two attached hydrogens (primary N) is 1. The number of anilines is 1. The third-order valence-corrected chi connectivity index (χ3v) is 8.52. The van der Waals surface area contributed by atoms with Gasteiger partial charge >= 0.3 is 6.09 Å². The Morgan fingerprint density at radius 1 is 0.907 bits per heavy atom. The molecule has 2 aliphatic rings. The Hall–Kier alpha value is -4.15. The summed E-state index contributed by atoms with van der Waals surface area (Å²) in [5.41, 5.74) is 9.72. The number of carbonyl (C=O) groups is 3. The fraction of sp³-hybridized carbons (Fsp3) is 0.424. The van der Waals surface area contributed by atoms with Crippen LogP contribution < -0.4 is 11.1 Å². The summed E-state index contributed by atoms with van der Waals surface area (Å²) in [4.78, 5) is 46.7. The zero-order chi connectivity index (χ0) is 30.2. The molecule has 2 saturated heterocycles. The standard InChI is InChI=1S/C33H42N6O4/c1-37(32(41)30-12-11-26(35-30)23-39-17-13-25(14-18-39)31(34)40)21-22-38-19-15-27(16-20-38)43-33(42)36-29-10-6-5-9-28(29)24-7-3-2-4-8-24/h2-12,25,27,35H,13-23H2,1H3,(H2,34,40)(H,36,42). The Kier molecular flexibility index (Phi) is 10.1. The van der Waals surface area contributed by atoms with Crippen LogP contribution in [0.1, 0.15) is 41.9 Å². The van der Waals surface area contributed by atoms with Crippen LogP contribution in [0.4, 0.5) is 10.5 Å². The highest BCUT2D eigenvalue weighted by Crippen LogP contribution is 2.28. The van der Waals surface area contributed by atoms with Crippen molar-refractivity contribution >= 4 is 23.6 Å². The van der Waals surface area contributed by atoms with Crippen molar-refractivity contribution in [2.24, 2.45) is 11.7 Å². The van der Waals surface area contributed by atoms with E-state index in [4.69, 9.17) is 10.5 Å². The number of nitrogens with zero attached hydrogens (tertiary/aromatic N) is 3. The highest BCUT2D eigenvalue weighted by atomic mass is 16.6. The fourth-order valence-corrected chi connectivity index (χ4v) is 5.88. The minimum absolute atomic E-state index is 0.0307. The van der Waals surface area contributed by atoms with Gasteiger partial charge in [-0.25, -0.2) is 4.79 Å². The molecule has 0 bridgehead atoms. The van der Waals surface area contributed by atoms with E-state index >= 15 is 0 Å². The van der Waals surface area contributed by atoms with Crippen LogP contribution in [0.5, 0.6) is 0 Å². The second-order valence-corrected chi connectivity index (χ2v) is 11.6. The molecule has 2 aliphatic heterocycles. The average Bonchev–Trinajstić information content (AvgIpc) is 3.49. The highest BCUT2D eigenvalue weighted by molar-refractivity contribution is 5.92. The number of aromatic nitrogens is 1. The van der Waals surface area contributed by atoms with Crippen LogP contribution in [-0.2, 0) is 16.1 Å². The number of nitrogens with one attached hydrogen (secondary N) is 2. The summed E-state index contributed by atoms with van der Waals surface area (Å²) in [7, 11) is 1.82. The van der Waals surface area contributed by atoms with Gasteiger partial charge in [-0.3, -0.25) is 19.8 Å². The number of rotatable bonds is 10. The topological polar surface area (TPSA) is 124 Å². The second kappa shape index (κ2) is 14.3. The smallest absolute Gasteiger partial charge is 0.411 e. The van der Waals surface area contributed by atoms with Crippen LogP contribution >= 0.6 is 0 Å². The molecule has 3 amide bonds. The molecule has 0 aliphatic carbocycles. The normalized spacial score (nSPS) is 17.0. The molecule has 4 N–H and O–H groups in total. The maximum absolute atomic E-state index is 13.0. The molecule has 43 heavy (non-hydrogen) atoms. The predicted octanol–water partition coefficient (Wildman–Crippen LogP) is 4.16. The molecule has 228 valence electrons. The number of primary amides is 1. The number of H-pyrrole nitrogens is 1. The Labute approximate surface area is 253 Å². The molecule has 3 aromatic rings. The Balaban J connectivity index is 1.02. The molecule has 0 unspecified atom stereocenters. The molecular formula is C33H42N6O4. The molecule has 0 atom stereocenters. The predicted molar refractivity (Wildman–Crippen MR) is 166 cm³/mol. The first-order valence-corrected chi connectivity index (χ1v) is 15.1. The van der Waals surface area contributed by atoms with Gasteiger partial charge in [0.25, 0.3) is 5.91 Å². The first kappa shape index (κ1) is 30.3. The number of aromatic amines is 1. The summed E-state index contributed by atoms with van der Waals surface area (Å²) in [5, 5.41) is 2.92. The lowest BCUT2D eigenvalue weighted by molar-refractivity contribution is -0.123. The van der Waals surface area contributed by atoms with Crippen molar-refractivity contribution < 1.29 is 19.1 Å². The van der Waals surface area contributed by atoms with E-state index in [2.05, 4.69) is 20.1 Å². The van der Waals surface area contributed by atoms with E-state index in [9.17, 15) is 14.4 Å². The van der Waals surface area contributed by atoms with Crippen molar-refractivity contribution in [3.63, 3.8) is 0 Å². The average molecular weight is 587 g/mol. The number of hydrogen-bond donors (Lipinski definition) is 3. The summed E-state index contributed by atoms with van der Waals surface area (Å²) in [6, 6.07) is 21.5. The van der Waals surface area contributed by atoms with Gasteiger partial charge in [-0.1, -0.05) is 48.5 Å². The minimum atomic E-state index is -0.437. The number of likely N-dealkylation sites (N-methyl/N-ethyl adjacent to an activating group) is 1. The molecule has 0 saturated carbocycles. The Bertz CT molecular complexity index is 1380. The molecule has 5 rings (SSSR count). The third-order valence-electron chi connectivity index (χ3n) is 8.52. The van der Waals surface area contributed by atoms with E-state index in [0.29, 0.717) is 12.2 Å².